The lowest BCUT2D eigenvalue weighted by atomic mass is 10.0. The number of hydrogen-bond donors (Lipinski definition) is 0. The van der Waals surface area contributed by atoms with E-state index >= 15 is 0 Å². The van der Waals surface area contributed by atoms with Crippen molar-refractivity contribution in [2.45, 2.75) is 38.0 Å². The van der Waals surface area contributed by atoms with Gasteiger partial charge in [0.15, 0.2) is 0 Å². The first-order valence-electron chi connectivity index (χ1n) is 8.98. The molecule has 1 aromatic carbocycles. The smallest absolute Gasteiger partial charge is 0.218 e. The third-order valence-electron chi connectivity index (χ3n) is 5.15. The number of nitrogens with zero attached hydrogens (tertiary/aromatic N) is 4. The van der Waals surface area contributed by atoms with Gasteiger partial charge in [0.05, 0.1) is 5.75 Å². The second kappa shape index (κ2) is 6.88. The summed E-state index contributed by atoms with van der Waals surface area (Å²) in [6, 6.07) is 9.39. The van der Waals surface area contributed by atoms with Gasteiger partial charge in [-0.3, -0.25) is 0 Å². The zero-order valence-electron chi connectivity index (χ0n) is 14.3. The summed E-state index contributed by atoms with van der Waals surface area (Å²) in [6.45, 7) is 2.20. The minimum atomic E-state index is -3.25. The van der Waals surface area contributed by atoms with Gasteiger partial charge in [0, 0.05) is 26.1 Å². The van der Waals surface area contributed by atoms with E-state index in [-0.39, 0.29) is 5.75 Å². The normalized spacial score (nSPS) is 21.7. The molecule has 0 radical (unpaired) electrons. The van der Waals surface area contributed by atoms with Crippen LogP contribution in [0.3, 0.4) is 0 Å². The lowest BCUT2D eigenvalue weighted by Gasteiger charge is -2.17. The Labute approximate surface area is 148 Å². The van der Waals surface area contributed by atoms with Crippen LogP contribution in [0.4, 0.5) is 0 Å². The fourth-order valence-corrected chi connectivity index (χ4v) is 5.14. The number of sulfonamides is 1. The Morgan fingerprint density at radius 3 is 2.64 bits per heavy atom. The molecule has 6 nitrogen and oxygen atoms in total. The fourth-order valence-electron chi connectivity index (χ4n) is 3.52. The molecular weight excluding hydrogens is 336 g/mol. The first-order valence-corrected chi connectivity index (χ1v) is 10.6. The number of hydrogen-bond acceptors (Lipinski definition) is 4. The lowest BCUT2D eigenvalue weighted by molar-refractivity contribution is 0.447. The van der Waals surface area contributed by atoms with Crippen LogP contribution in [0.1, 0.15) is 30.7 Å². The SMILES string of the molecule is O=S(=O)(Cc1ccccc1)N1CC[C@H](Cc2nncn2CC2CC2)C1. The Morgan fingerprint density at radius 1 is 1.08 bits per heavy atom. The monoisotopic (exact) mass is 360 g/mol. The van der Waals surface area contributed by atoms with E-state index in [4.69, 9.17) is 0 Å². The molecule has 0 N–H and O–H groups in total. The van der Waals surface area contributed by atoms with Gasteiger partial charge < -0.3 is 4.57 Å². The minimum Gasteiger partial charge on any atom is -0.317 e. The summed E-state index contributed by atoms with van der Waals surface area (Å²) in [6.07, 6.45) is 6.11. The van der Waals surface area contributed by atoms with Gasteiger partial charge in [-0.05, 0) is 36.7 Å². The Bertz CT molecular complexity index is 815. The van der Waals surface area contributed by atoms with Crippen LogP contribution in [0.25, 0.3) is 0 Å². The van der Waals surface area contributed by atoms with Gasteiger partial charge in [-0.15, -0.1) is 10.2 Å². The molecule has 2 fully saturated rings. The Morgan fingerprint density at radius 2 is 1.88 bits per heavy atom. The molecule has 1 saturated carbocycles. The summed E-state index contributed by atoms with van der Waals surface area (Å²) >= 11 is 0. The number of rotatable bonds is 7. The van der Waals surface area contributed by atoms with E-state index in [9.17, 15) is 8.42 Å². The van der Waals surface area contributed by atoms with Crippen LogP contribution in [0.5, 0.6) is 0 Å². The summed E-state index contributed by atoms with van der Waals surface area (Å²) in [7, 11) is -3.25. The predicted octanol–water partition coefficient (Wildman–Crippen LogP) is 2.08. The van der Waals surface area contributed by atoms with E-state index in [1.807, 2.05) is 36.7 Å². The predicted molar refractivity (Wildman–Crippen MR) is 95.2 cm³/mol. The van der Waals surface area contributed by atoms with Crippen LogP contribution >= 0.6 is 0 Å². The zero-order valence-corrected chi connectivity index (χ0v) is 15.1. The number of aromatic nitrogens is 3. The molecule has 0 unspecified atom stereocenters. The standard InChI is InChI=1S/C18H24N4O2S/c23-25(24,13-16-4-2-1-3-5-16)22-9-8-17(12-22)10-18-20-19-14-21(18)11-15-6-7-15/h1-5,14-15,17H,6-13H2/t17-/m1/s1. The molecular formula is C18H24N4O2S. The van der Waals surface area contributed by atoms with Crippen LogP contribution in [0.15, 0.2) is 36.7 Å². The van der Waals surface area contributed by atoms with E-state index in [0.717, 1.165) is 36.7 Å². The lowest BCUT2D eigenvalue weighted by Crippen LogP contribution is -2.30. The van der Waals surface area contributed by atoms with Crippen molar-refractivity contribution in [3.63, 3.8) is 0 Å². The molecule has 2 aliphatic rings. The van der Waals surface area contributed by atoms with Crippen molar-refractivity contribution in [1.29, 1.82) is 0 Å². The average molecular weight is 360 g/mol. The highest BCUT2D eigenvalue weighted by Gasteiger charge is 2.32. The fraction of sp³-hybridized carbons (Fsp3) is 0.556. The Hall–Kier alpha value is -1.73. The maximum atomic E-state index is 12.7. The van der Waals surface area contributed by atoms with Gasteiger partial charge in [-0.1, -0.05) is 30.3 Å². The third kappa shape index (κ3) is 4.10. The first-order chi connectivity index (χ1) is 12.1. The Kier molecular flexibility index (Phi) is 4.60. The largest absolute Gasteiger partial charge is 0.317 e. The summed E-state index contributed by atoms with van der Waals surface area (Å²) < 4.78 is 29.1. The molecule has 1 saturated heterocycles. The molecule has 1 aliphatic carbocycles. The van der Waals surface area contributed by atoms with Crippen molar-refractivity contribution < 1.29 is 8.42 Å². The van der Waals surface area contributed by atoms with Gasteiger partial charge in [0.1, 0.15) is 12.2 Å². The molecule has 25 heavy (non-hydrogen) atoms. The van der Waals surface area contributed by atoms with E-state index < -0.39 is 10.0 Å². The quantitative estimate of drug-likeness (QED) is 0.758. The van der Waals surface area contributed by atoms with Crippen LogP contribution in [-0.2, 0) is 28.7 Å². The molecule has 2 heterocycles. The van der Waals surface area contributed by atoms with Crippen LogP contribution in [-0.4, -0.2) is 40.6 Å². The van der Waals surface area contributed by atoms with Gasteiger partial charge in [-0.25, -0.2) is 12.7 Å². The summed E-state index contributed by atoms with van der Waals surface area (Å²) in [5.41, 5.74) is 0.843. The van der Waals surface area contributed by atoms with Gasteiger partial charge in [-0.2, -0.15) is 0 Å². The van der Waals surface area contributed by atoms with Crippen LogP contribution in [0.2, 0.25) is 0 Å². The van der Waals surface area contributed by atoms with Gasteiger partial charge >= 0.3 is 0 Å². The van der Waals surface area contributed by atoms with Crippen molar-refractivity contribution in [1.82, 2.24) is 19.1 Å². The van der Waals surface area contributed by atoms with Crippen molar-refractivity contribution >= 4 is 10.0 Å². The molecule has 1 aliphatic heterocycles. The second-order valence-corrected chi connectivity index (χ2v) is 9.27. The first kappa shape index (κ1) is 16.7. The Balaban J connectivity index is 1.37. The van der Waals surface area contributed by atoms with E-state index in [2.05, 4.69) is 14.8 Å². The molecule has 0 spiro atoms. The zero-order chi connectivity index (χ0) is 17.3. The molecule has 7 heteroatoms. The van der Waals surface area contributed by atoms with Gasteiger partial charge in [0.2, 0.25) is 10.0 Å². The highest BCUT2D eigenvalue weighted by Crippen LogP contribution is 2.31. The molecule has 1 atom stereocenters. The molecule has 0 bridgehead atoms. The molecule has 134 valence electrons. The molecule has 0 amide bonds. The average Bonchev–Trinajstić information content (AvgIpc) is 3.09. The van der Waals surface area contributed by atoms with E-state index in [1.165, 1.54) is 12.8 Å². The summed E-state index contributed by atoms with van der Waals surface area (Å²) in [5.74, 6) is 2.19. The van der Waals surface area contributed by atoms with Crippen LogP contribution in [0, 0.1) is 11.8 Å². The molecule has 2 aromatic rings. The maximum absolute atomic E-state index is 12.7. The second-order valence-electron chi connectivity index (χ2n) is 7.30. The highest BCUT2D eigenvalue weighted by atomic mass is 32.2. The number of benzene rings is 1. The van der Waals surface area contributed by atoms with Crippen LogP contribution < -0.4 is 0 Å². The van der Waals surface area contributed by atoms with E-state index in [0.29, 0.717) is 19.0 Å². The topological polar surface area (TPSA) is 68.1 Å². The van der Waals surface area contributed by atoms with Crippen molar-refractivity contribution in [3.8, 4) is 0 Å². The molecule has 4 rings (SSSR count). The van der Waals surface area contributed by atoms with Crippen molar-refractivity contribution in [2.24, 2.45) is 11.8 Å². The van der Waals surface area contributed by atoms with Gasteiger partial charge in [0.25, 0.3) is 0 Å². The minimum absolute atomic E-state index is 0.0818. The maximum Gasteiger partial charge on any atom is 0.218 e. The summed E-state index contributed by atoms with van der Waals surface area (Å²) in [4.78, 5) is 0. The van der Waals surface area contributed by atoms with Crippen molar-refractivity contribution in [2.75, 3.05) is 13.1 Å². The third-order valence-corrected chi connectivity index (χ3v) is 6.97. The molecule has 1 aromatic heterocycles. The van der Waals surface area contributed by atoms with E-state index in [1.54, 1.807) is 4.31 Å². The summed E-state index contributed by atoms with van der Waals surface area (Å²) in [5, 5.41) is 8.31. The highest BCUT2D eigenvalue weighted by molar-refractivity contribution is 7.88. The van der Waals surface area contributed by atoms with Crippen molar-refractivity contribution in [3.05, 3.63) is 48.0 Å².